The molecule has 82 valence electrons. The maximum absolute atomic E-state index is 12.9. The van der Waals surface area contributed by atoms with Crippen LogP contribution >= 0.6 is 0 Å². The fourth-order valence-corrected chi connectivity index (χ4v) is 1.06. The Kier molecular flexibility index (Phi) is 3.18. The first-order valence-electron chi connectivity index (χ1n) is 4.06. The Balaban J connectivity index is 2.94. The van der Waals surface area contributed by atoms with Crippen molar-refractivity contribution in [1.82, 2.24) is 4.98 Å². The third kappa shape index (κ3) is 2.61. The van der Waals surface area contributed by atoms with E-state index in [0.29, 0.717) is 0 Å². The lowest BCUT2D eigenvalue weighted by Crippen LogP contribution is -2.30. The highest BCUT2D eigenvalue weighted by Crippen LogP contribution is 2.24. The van der Waals surface area contributed by atoms with E-state index in [4.69, 9.17) is 9.84 Å². The Bertz CT molecular complexity index is 368. The van der Waals surface area contributed by atoms with Crippen molar-refractivity contribution in [2.24, 2.45) is 0 Å². The Morgan fingerprint density at radius 3 is 2.87 bits per heavy atom. The number of carbonyl (C=O) groups is 1. The number of halogens is 2. The first-order valence-corrected chi connectivity index (χ1v) is 4.06. The Morgan fingerprint density at radius 2 is 2.33 bits per heavy atom. The van der Waals surface area contributed by atoms with Gasteiger partial charge in [-0.15, -0.1) is 0 Å². The summed E-state index contributed by atoms with van der Waals surface area (Å²) in [6, 6.07) is 2.79. The van der Waals surface area contributed by atoms with E-state index in [1.54, 1.807) is 0 Å². The molecule has 0 fully saturated rings. The van der Waals surface area contributed by atoms with Crippen LogP contribution in [0.5, 0.6) is 5.88 Å². The molecule has 1 aromatic heterocycles. The molecular formula is C9H9F2NO3. The highest BCUT2D eigenvalue weighted by molar-refractivity contribution is 5.75. The number of nitrogens with zero attached hydrogens (tertiary/aromatic N) is 1. The van der Waals surface area contributed by atoms with Crippen LogP contribution in [-0.2, 0) is 11.2 Å². The second-order valence-electron chi connectivity index (χ2n) is 2.86. The molecule has 6 heteroatoms. The summed E-state index contributed by atoms with van der Waals surface area (Å²) in [5, 5.41) is 8.25. The van der Waals surface area contributed by atoms with Crippen LogP contribution in [0.1, 0.15) is 5.56 Å². The molecule has 0 spiro atoms. The average molecular weight is 217 g/mol. The lowest BCUT2D eigenvalue weighted by Gasteiger charge is -2.12. The average Bonchev–Trinajstić information content (AvgIpc) is 2.18. The number of hydrogen-bond donors (Lipinski definition) is 1. The zero-order valence-corrected chi connectivity index (χ0v) is 7.91. The monoisotopic (exact) mass is 217 g/mol. The topological polar surface area (TPSA) is 59.4 Å². The van der Waals surface area contributed by atoms with Crippen LogP contribution in [0, 0.1) is 0 Å². The van der Waals surface area contributed by atoms with E-state index in [1.165, 1.54) is 25.4 Å². The summed E-state index contributed by atoms with van der Waals surface area (Å²) in [5.74, 6) is -5.96. The molecule has 0 amide bonds. The van der Waals surface area contributed by atoms with Crippen LogP contribution in [-0.4, -0.2) is 29.1 Å². The van der Waals surface area contributed by atoms with Gasteiger partial charge in [0.2, 0.25) is 5.88 Å². The van der Waals surface area contributed by atoms with Gasteiger partial charge in [0.05, 0.1) is 13.5 Å². The van der Waals surface area contributed by atoms with Gasteiger partial charge >= 0.3 is 11.9 Å². The van der Waals surface area contributed by atoms with E-state index in [2.05, 4.69) is 4.98 Å². The Labute approximate surface area is 84.5 Å². The van der Waals surface area contributed by atoms with Crippen LogP contribution in [0.25, 0.3) is 0 Å². The molecule has 15 heavy (non-hydrogen) atoms. The number of hydrogen-bond acceptors (Lipinski definition) is 3. The highest BCUT2D eigenvalue weighted by Gasteiger charge is 2.39. The van der Waals surface area contributed by atoms with E-state index in [9.17, 15) is 13.6 Å². The van der Waals surface area contributed by atoms with Gasteiger partial charge in [-0.25, -0.2) is 9.78 Å². The van der Waals surface area contributed by atoms with E-state index in [1.807, 2.05) is 0 Å². The standard InChI is InChI=1S/C9H9F2NO3/c1-15-7-6(3-2-4-12-7)5-9(10,11)8(13)14/h2-4H,5H2,1H3,(H,13,14). The van der Waals surface area contributed by atoms with Gasteiger partial charge in [0.15, 0.2) is 0 Å². The zero-order valence-electron chi connectivity index (χ0n) is 7.91. The first kappa shape index (κ1) is 11.4. The number of aliphatic carboxylic acids is 1. The maximum atomic E-state index is 12.9. The summed E-state index contributed by atoms with van der Waals surface area (Å²) >= 11 is 0. The summed E-state index contributed by atoms with van der Waals surface area (Å²) in [6.45, 7) is 0. The predicted octanol–water partition coefficient (Wildman–Crippen LogP) is 1.35. The van der Waals surface area contributed by atoms with Crippen molar-refractivity contribution in [1.29, 1.82) is 0 Å². The van der Waals surface area contributed by atoms with E-state index in [-0.39, 0.29) is 11.4 Å². The van der Waals surface area contributed by atoms with Gasteiger partial charge in [-0.05, 0) is 6.07 Å². The van der Waals surface area contributed by atoms with Gasteiger partial charge in [-0.3, -0.25) is 0 Å². The zero-order chi connectivity index (χ0) is 11.5. The third-order valence-electron chi connectivity index (χ3n) is 1.77. The third-order valence-corrected chi connectivity index (χ3v) is 1.77. The minimum atomic E-state index is -3.81. The smallest absolute Gasteiger partial charge is 0.374 e. The van der Waals surface area contributed by atoms with Crippen LogP contribution < -0.4 is 4.74 Å². The molecule has 0 bridgehead atoms. The molecule has 0 aliphatic carbocycles. The molecule has 1 heterocycles. The molecule has 1 aromatic rings. The van der Waals surface area contributed by atoms with E-state index in [0.717, 1.165) is 0 Å². The lowest BCUT2D eigenvalue weighted by atomic mass is 10.1. The summed E-state index contributed by atoms with van der Waals surface area (Å²) < 4.78 is 30.5. The normalized spacial score (nSPS) is 11.1. The molecule has 0 saturated heterocycles. The first-order chi connectivity index (χ1) is 6.97. The van der Waals surface area contributed by atoms with Gasteiger partial charge in [0, 0.05) is 11.8 Å². The molecule has 0 aromatic carbocycles. The highest BCUT2D eigenvalue weighted by atomic mass is 19.3. The van der Waals surface area contributed by atoms with Crippen LogP contribution in [0.4, 0.5) is 8.78 Å². The van der Waals surface area contributed by atoms with E-state index < -0.39 is 18.3 Å². The fraction of sp³-hybridized carbons (Fsp3) is 0.333. The molecule has 0 atom stereocenters. The number of carboxylic acids is 1. The predicted molar refractivity (Wildman–Crippen MR) is 47.1 cm³/mol. The maximum Gasteiger partial charge on any atom is 0.374 e. The molecule has 0 radical (unpaired) electrons. The second-order valence-corrected chi connectivity index (χ2v) is 2.86. The summed E-state index contributed by atoms with van der Waals surface area (Å²) in [7, 11) is 1.28. The number of pyridine rings is 1. The fourth-order valence-electron chi connectivity index (χ4n) is 1.06. The number of carboxylic acid groups (broad SMARTS) is 1. The van der Waals surface area contributed by atoms with Crippen molar-refractivity contribution in [3.63, 3.8) is 0 Å². The van der Waals surface area contributed by atoms with Crippen LogP contribution in [0.15, 0.2) is 18.3 Å². The SMILES string of the molecule is COc1ncccc1CC(F)(F)C(=O)O. The van der Waals surface area contributed by atoms with Crippen molar-refractivity contribution in [2.75, 3.05) is 7.11 Å². The molecular weight excluding hydrogens is 208 g/mol. The minimum Gasteiger partial charge on any atom is -0.481 e. The van der Waals surface area contributed by atoms with Crippen molar-refractivity contribution < 1.29 is 23.4 Å². The number of methoxy groups -OCH3 is 1. The summed E-state index contributed by atoms with van der Waals surface area (Å²) in [4.78, 5) is 13.9. The summed E-state index contributed by atoms with van der Waals surface area (Å²) in [6.07, 6.45) is 0.445. The molecule has 1 N–H and O–H groups in total. The molecule has 0 saturated carbocycles. The van der Waals surface area contributed by atoms with E-state index >= 15 is 0 Å². The Hall–Kier alpha value is -1.72. The van der Waals surface area contributed by atoms with Crippen molar-refractivity contribution in [3.05, 3.63) is 23.9 Å². The molecule has 0 aliphatic rings. The lowest BCUT2D eigenvalue weighted by molar-refractivity contribution is -0.164. The number of alkyl halides is 2. The van der Waals surface area contributed by atoms with Crippen LogP contribution in [0.3, 0.4) is 0 Å². The molecule has 0 aliphatic heterocycles. The second kappa shape index (κ2) is 4.20. The Morgan fingerprint density at radius 1 is 1.67 bits per heavy atom. The molecule has 1 rings (SSSR count). The van der Waals surface area contributed by atoms with Gasteiger partial charge in [-0.2, -0.15) is 8.78 Å². The number of rotatable bonds is 4. The number of ether oxygens (including phenoxy) is 1. The van der Waals surface area contributed by atoms with Crippen molar-refractivity contribution >= 4 is 5.97 Å². The van der Waals surface area contributed by atoms with Gasteiger partial charge in [0.1, 0.15) is 0 Å². The molecule has 4 nitrogen and oxygen atoms in total. The van der Waals surface area contributed by atoms with Crippen molar-refractivity contribution in [2.45, 2.75) is 12.3 Å². The van der Waals surface area contributed by atoms with Crippen LogP contribution in [0.2, 0.25) is 0 Å². The van der Waals surface area contributed by atoms with Gasteiger partial charge < -0.3 is 9.84 Å². The van der Waals surface area contributed by atoms with Gasteiger partial charge in [0.25, 0.3) is 0 Å². The molecule has 0 unspecified atom stereocenters. The summed E-state index contributed by atoms with van der Waals surface area (Å²) in [5.41, 5.74) is 0.0624. The van der Waals surface area contributed by atoms with Gasteiger partial charge in [-0.1, -0.05) is 6.07 Å². The largest absolute Gasteiger partial charge is 0.481 e. The minimum absolute atomic E-state index is 0.0124. The van der Waals surface area contributed by atoms with Crippen molar-refractivity contribution in [3.8, 4) is 5.88 Å². The number of aromatic nitrogens is 1. The quantitative estimate of drug-likeness (QED) is 0.827.